The Balaban J connectivity index is 3.25. The number of benzene rings is 1. The normalized spacial score (nSPS) is 15.6. The van der Waals surface area contributed by atoms with E-state index in [1.54, 1.807) is 12.1 Å². The number of nitrogens with zero attached hydrogens (tertiary/aromatic N) is 1. The molecule has 0 aliphatic carbocycles. The zero-order valence-corrected chi connectivity index (χ0v) is 8.78. The minimum Gasteiger partial charge on any atom is -0.371 e. The Hall–Kier alpha value is -1.33. The fourth-order valence-electron chi connectivity index (χ4n) is 1.34. The highest BCUT2D eigenvalue weighted by Crippen LogP contribution is 2.38. The molecule has 0 aliphatic heterocycles. The predicted molar refractivity (Wildman–Crippen MR) is 55.4 cm³/mol. The highest BCUT2D eigenvalue weighted by atomic mass is 16.3. The zero-order chi connectivity index (χ0) is 10.8. The third-order valence-corrected chi connectivity index (χ3v) is 2.44. The van der Waals surface area contributed by atoms with Gasteiger partial charge in [0.25, 0.3) is 0 Å². The summed E-state index contributed by atoms with van der Waals surface area (Å²) in [5, 5.41) is 19.3. The van der Waals surface area contributed by atoms with Crippen LogP contribution in [0.3, 0.4) is 0 Å². The van der Waals surface area contributed by atoms with E-state index in [1.165, 1.54) is 0 Å². The van der Waals surface area contributed by atoms with Crippen molar-refractivity contribution in [3.8, 4) is 6.07 Å². The Labute approximate surface area is 84.8 Å². The first-order valence-corrected chi connectivity index (χ1v) is 4.61. The lowest BCUT2D eigenvalue weighted by molar-refractivity contribution is -0.0110. The number of nitriles is 1. The van der Waals surface area contributed by atoms with Gasteiger partial charge in [0.05, 0.1) is 0 Å². The van der Waals surface area contributed by atoms with Gasteiger partial charge in [0.1, 0.15) is 6.07 Å². The van der Waals surface area contributed by atoms with Gasteiger partial charge < -0.3 is 5.11 Å². The summed E-state index contributed by atoms with van der Waals surface area (Å²) in [6.45, 7) is 5.55. The number of rotatable bonds is 1. The van der Waals surface area contributed by atoms with E-state index < -0.39 is 11.0 Å². The highest BCUT2D eigenvalue weighted by molar-refractivity contribution is 5.30. The van der Waals surface area contributed by atoms with Crippen LogP contribution in [-0.2, 0) is 5.60 Å². The molecule has 1 rings (SSSR count). The van der Waals surface area contributed by atoms with Gasteiger partial charge >= 0.3 is 0 Å². The standard InChI is InChI=1S/C12H15NO/c1-11(2,3)12(14,9-13)10-7-5-4-6-8-10/h4-8,14H,1-3H3. The summed E-state index contributed by atoms with van der Waals surface area (Å²) in [5.41, 5.74) is -1.27. The first-order valence-electron chi connectivity index (χ1n) is 4.61. The van der Waals surface area contributed by atoms with Crippen molar-refractivity contribution >= 4 is 0 Å². The van der Waals surface area contributed by atoms with Crippen molar-refractivity contribution in [1.29, 1.82) is 5.26 Å². The van der Waals surface area contributed by atoms with Gasteiger partial charge in [-0.2, -0.15) is 5.26 Å². The second kappa shape index (κ2) is 3.43. The third-order valence-electron chi connectivity index (χ3n) is 2.44. The fourth-order valence-corrected chi connectivity index (χ4v) is 1.34. The Morgan fingerprint density at radius 3 is 2.00 bits per heavy atom. The average molecular weight is 189 g/mol. The van der Waals surface area contributed by atoms with Gasteiger partial charge in [-0.1, -0.05) is 51.1 Å². The summed E-state index contributed by atoms with van der Waals surface area (Å²) >= 11 is 0. The van der Waals surface area contributed by atoms with Crippen LogP contribution in [0.2, 0.25) is 0 Å². The van der Waals surface area contributed by atoms with E-state index in [9.17, 15) is 5.11 Å². The molecule has 1 unspecified atom stereocenters. The maximum absolute atomic E-state index is 10.3. The van der Waals surface area contributed by atoms with Crippen molar-refractivity contribution in [2.75, 3.05) is 0 Å². The second-order valence-corrected chi connectivity index (χ2v) is 4.44. The van der Waals surface area contributed by atoms with Gasteiger partial charge in [-0.15, -0.1) is 0 Å². The highest BCUT2D eigenvalue weighted by Gasteiger charge is 2.41. The molecule has 1 aromatic carbocycles. The number of aliphatic hydroxyl groups is 1. The molecule has 74 valence electrons. The van der Waals surface area contributed by atoms with Gasteiger partial charge in [-0.3, -0.25) is 0 Å². The van der Waals surface area contributed by atoms with Gasteiger partial charge in [0, 0.05) is 5.41 Å². The van der Waals surface area contributed by atoms with Crippen LogP contribution in [0.25, 0.3) is 0 Å². The van der Waals surface area contributed by atoms with Gasteiger partial charge in [-0.05, 0) is 5.56 Å². The first kappa shape index (κ1) is 10.7. The van der Waals surface area contributed by atoms with E-state index in [-0.39, 0.29) is 0 Å². The molecule has 14 heavy (non-hydrogen) atoms. The first-order chi connectivity index (χ1) is 6.42. The Bertz CT molecular complexity index is 345. The van der Waals surface area contributed by atoms with Crippen LogP contribution >= 0.6 is 0 Å². The maximum Gasteiger partial charge on any atom is 0.181 e. The Kier molecular flexibility index (Phi) is 2.64. The number of hydrogen-bond acceptors (Lipinski definition) is 2. The summed E-state index contributed by atoms with van der Waals surface area (Å²) in [7, 11) is 0. The minimum absolute atomic E-state index is 0.497. The molecule has 0 spiro atoms. The van der Waals surface area contributed by atoms with E-state index in [0.29, 0.717) is 5.56 Å². The molecule has 2 heteroatoms. The van der Waals surface area contributed by atoms with Gasteiger partial charge in [0.2, 0.25) is 0 Å². The van der Waals surface area contributed by atoms with Gasteiger partial charge in [0.15, 0.2) is 5.60 Å². The summed E-state index contributed by atoms with van der Waals surface area (Å²) in [6.07, 6.45) is 0. The molecule has 1 aromatic rings. The SMILES string of the molecule is CC(C)(C)C(O)(C#N)c1ccccc1. The Morgan fingerprint density at radius 1 is 1.14 bits per heavy atom. The van der Waals surface area contributed by atoms with Crippen molar-refractivity contribution in [2.45, 2.75) is 26.4 Å². The van der Waals surface area contributed by atoms with E-state index in [2.05, 4.69) is 0 Å². The largest absolute Gasteiger partial charge is 0.371 e. The molecule has 1 atom stereocenters. The smallest absolute Gasteiger partial charge is 0.181 e. The van der Waals surface area contributed by atoms with E-state index in [4.69, 9.17) is 5.26 Å². The fraction of sp³-hybridized carbons (Fsp3) is 0.417. The van der Waals surface area contributed by atoms with E-state index >= 15 is 0 Å². The van der Waals surface area contributed by atoms with E-state index in [1.807, 2.05) is 45.0 Å². The van der Waals surface area contributed by atoms with Gasteiger partial charge in [-0.25, -0.2) is 0 Å². The van der Waals surface area contributed by atoms with Crippen LogP contribution in [0.4, 0.5) is 0 Å². The lowest BCUT2D eigenvalue weighted by Gasteiger charge is -2.34. The lowest BCUT2D eigenvalue weighted by Crippen LogP contribution is -2.38. The van der Waals surface area contributed by atoms with E-state index in [0.717, 1.165) is 0 Å². The summed E-state index contributed by atoms with van der Waals surface area (Å²) in [6, 6.07) is 11.0. The molecular formula is C12H15NO. The minimum atomic E-state index is -1.42. The molecule has 0 heterocycles. The van der Waals surface area contributed by atoms with Crippen molar-refractivity contribution in [1.82, 2.24) is 0 Å². The number of hydrogen-bond donors (Lipinski definition) is 1. The second-order valence-electron chi connectivity index (χ2n) is 4.44. The van der Waals surface area contributed by atoms with Crippen LogP contribution in [0.1, 0.15) is 26.3 Å². The molecular weight excluding hydrogens is 174 g/mol. The monoisotopic (exact) mass is 189 g/mol. The molecule has 0 saturated carbocycles. The molecule has 0 fully saturated rings. The van der Waals surface area contributed by atoms with Crippen molar-refractivity contribution in [3.63, 3.8) is 0 Å². The molecule has 1 N–H and O–H groups in total. The lowest BCUT2D eigenvalue weighted by atomic mass is 9.73. The molecule has 0 bridgehead atoms. The van der Waals surface area contributed by atoms with Crippen molar-refractivity contribution in [3.05, 3.63) is 35.9 Å². The topological polar surface area (TPSA) is 44.0 Å². The quantitative estimate of drug-likeness (QED) is 0.689. The summed E-state index contributed by atoms with van der Waals surface area (Å²) in [4.78, 5) is 0. The van der Waals surface area contributed by atoms with Crippen LogP contribution in [0.15, 0.2) is 30.3 Å². The molecule has 0 radical (unpaired) electrons. The molecule has 0 aromatic heterocycles. The third kappa shape index (κ3) is 1.64. The summed E-state index contributed by atoms with van der Waals surface area (Å²) < 4.78 is 0. The Morgan fingerprint density at radius 2 is 1.64 bits per heavy atom. The molecule has 0 aliphatic rings. The summed E-state index contributed by atoms with van der Waals surface area (Å²) in [5.74, 6) is 0. The molecule has 0 saturated heterocycles. The average Bonchev–Trinajstić information content (AvgIpc) is 2.16. The molecule has 2 nitrogen and oxygen atoms in total. The van der Waals surface area contributed by atoms with Crippen LogP contribution in [-0.4, -0.2) is 5.11 Å². The maximum atomic E-state index is 10.3. The van der Waals surface area contributed by atoms with Crippen LogP contribution < -0.4 is 0 Å². The zero-order valence-electron chi connectivity index (χ0n) is 8.78. The van der Waals surface area contributed by atoms with Crippen molar-refractivity contribution < 1.29 is 5.11 Å². The molecule has 0 amide bonds. The van der Waals surface area contributed by atoms with Crippen molar-refractivity contribution in [2.24, 2.45) is 5.41 Å². The van der Waals surface area contributed by atoms with Crippen LogP contribution in [0.5, 0.6) is 0 Å². The predicted octanol–water partition coefficient (Wildman–Crippen LogP) is 2.44. The van der Waals surface area contributed by atoms with Crippen LogP contribution in [0, 0.1) is 16.7 Å².